The zero-order valence-corrected chi connectivity index (χ0v) is 18.0. The highest BCUT2D eigenvalue weighted by atomic mass is 31.2. The first-order valence-electron chi connectivity index (χ1n) is 9.01. The van der Waals surface area contributed by atoms with Crippen LogP contribution in [0, 0.1) is 0 Å². The Labute approximate surface area is 164 Å². The van der Waals surface area contributed by atoms with Gasteiger partial charge in [0.2, 0.25) is 0 Å². The van der Waals surface area contributed by atoms with Crippen molar-refractivity contribution in [2.24, 2.45) is 0 Å². The lowest BCUT2D eigenvalue weighted by Gasteiger charge is -2.28. The molecule has 3 unspecified atom stereocenters. The van der Waals surface area contributed by atoms with E-state index in [0.717, 1.165) is 0 Å². The SMILES string of the molecule is CC(C)(C)OC1C[C@H](n2ccc(N)nc2=O)OC1COP(=O)(O)OC(C)(C)C. The van der Waals surface area contributed by atoms with Crippen molar-refractivity contribution in [3.05, 3.63) is 22.7 Å². The lowest BCUT2D eigenvalue weighted by atomic mass is 10.1. The first kappa shape index (κ1) is 23.0. The summed E-state index contributed by atoms with van der Waals surface area (Å²) in [6, 6.07) is 1.49. The van der Waals surface area contributed by atoms with E-state index in [0.29, 0.717) is 6.42 Å². The number of nitrogen functional groups attached to an aromatic ring is 1. The summed E-state index contributed by atoms with van der Waals surface area (Å²) in [5.74, 6) is 0.113. The third kappa shape index (κ3) is 6.95. The van der Waals surface area contributed by atoms with E-state index in [4.69, 9.17) is 24.3 Å². The minimum atomic E-state index is -4.28. The second kappa shape index (κ2) is 8.22. The third-order valence-electron chi connectivity index (χ3n) is 3.64. The maximum absolute atomic E-state index is 12.2. The van der Waals surface area contributed by atoms with Gasteiger partial charge in [-0.05, 0) is 47.6 Å². The summed E-state index contributed by atoms with van der Waals surface area (Å²) in [7, 11) is -4.28. The van der Waals surface area contributed by atoms with E-state index >= 15 is 0 Å². The summed E-state index contributed by atoms with van der Waals surface area (Å²) < 4.78 is 35.6. The summed E-state index contributed by atoms with van der Waals surface area (Å²) in [6.45, 7) is 10.4. The van der Waals surface area contributed by atoms with Crippen molar-refractivity contribution in [2.45, 2.75) is 77.6 Å². The van der Waals surface area contributed by atoms with Gasteiger partial charge in [-0.1, -0.05) is 0 Å². The van der Waals surface area contributed by atoms with E-state index in [1.807, 2.05) is 20.8 Å². The van der Waals surface area contributed by atoms with Crippen LogP contribution >= 0.6 is 7.82 Å². The maximum atomic E-state index is 12.2. The molecule has 2 heterocycles. The number of phosphoric acid groups is 1. The lowest BCUT2D eigenvalue weighted by molar-refractivity contribution is -0.106. The van der Waals surface area contributed by atoms with Gasteiger partial charge in [-0.25, -0.2) is 9.36 Å². The Morgan fingerprint density at radius 1 is 1.32 bits per heavy atom. The van der Waals surface area contributed by atoms with Gasteiger partial charge in [0.25, 0.3) is 0 Å². The molecule has 0 radical (unpaired) electrons. The fourth-order valence-electron chi connectivity index (χ4n) is 2.78. The fraction of sp³-hybridized carbons (Fsp3) is 0.765. The minimum Gasteiger partial charge on any atom is -0.383 e. The van der Waals surface area contributed by atoms with Gasteiger partial charge in [0, 0.05) is 12.6 Å². The summed E-state index contributed by atoms with van der Waals surface area (Å²) in [4.78, 5) is 25.7. The van der Waals surface area contributed by atoms with Crippen molar-refractivity contribution in [2.75, 3.05) is 12.3 Å². The Hall–Kier alpha value is -1.29. The zero-order chi connectivity index (χ0) is 21.3. The molecule has 3 N–H and O–H groups in total. The van der Waals surface area contributed by atoms with Crippen molar-refractivity contribution in [1.82, 2.24) is 9.55 Å². The van der Waals surface area contributed by atoms with Crippen LogP contribution < -0.4 is 11.4 Å². The number of rotatable bonds is 6. The molecule has 0 bridgehead atoms. The lowest BCUT2D eigenvalue weighted by Crippen LogP contribution is -2.35. The van der Waals surface area contributed by atoms with Crippen molar-refractivity contribution in [1.29, 1.82) is 0 Å². The smallest absolute Gasteiger partial charge is 0.383 e. The average molecular weight is 419 g/mol. The molecule has 1 aliphatic heterocycles. The standard InChI is InChI=1S/C17H30N3O7P/c1-16(2,3)26-11-9-14(20-8-7-13(18)19-15(20)21)25-12(11)10-24-28(22,23)27-17(4,5)6/h7-8,11-12,14H,9-10H2,1-6H3,(H,22,23)(H2,18,19,21)/t11?,12?,14-/m1/s1. The van der Waals surface area contributed by atoms with E-state index in [9.17, 15) is 14.3 Å². The van der Waals surface area contributed by atoms with Gasteiger partial charge >= 0.3 is 13.5 Å². The molecule has 10 nitrogen and oxygen atoms in total. The van der Waals surface area contributed by atoms with Crippen LogP contribution in [0.3, 0.4) is 0 Å². The summed E-state index contributed by atoms with van der Waals surface area (Å²) in [5.41, 5.74) is 3.63. The number of anilines is 1. The number of nitrogens with two attached hydrogens (primary N) is 1. The number of aromatic nitrogens is 2. The van der Waals surface area contributed by atoms with Crippen LogP contribution in [0.25, 0.3) is 0 Å². The summed E-state index contributed by atoms with van der Waals surface area (Å²) in [6.07, 6.45) is 0.0175. The van der Waals surface area contributed by atoms with Crippen LogP contribution in [0.1, 0.15) is 54.2 Å². The van der Waals surface area contributed by atoms with Gasteiger partial charge in [0.15, 0.2) is 0 Å². The van der Waals surface area contributed by atoms with Gasteiger partial charge in [0.05, 0.1) is 23.9 Å². The second-order valence-corrected chi connectivity index (χ2v) is 10.0. The number of ether oxygens (including phenoxy) is 2. The molecule has 28 heavy (non-hydrogen) atoms. The molecule has 0 amide bonds. The molecular weight excluding hydrogens is 389 g/mol. The predicted molar refractivity (Wildman–Crippen MR) is 103 cm³/mol. The monoisotopic (exact) mass is 419 g/mol. The molecule has 1 aromatic rings. The second-order valence-electron chi connectivity index (χ2n) is 8.64. The Morgan fingerprint density at radius 2 is 1.96 bits per heavy atom. The highest BCUT2D eigenvalue weighted by molar-refractivity contribution is 7.47. The Balaban J connectivity index is 2.15. The first-order valence-corrected chi connectivity index (χ1v) is 10.5. The van der Waals surface area contributed by atoms with E-state index in [2.05, 4.69) is 4.98 Å². The molecule has 0 saturated carbocycles. The van der Waals surface area contributed by atoms with Crippen LogP contribution in [-0.2, 0) is 23.1 Å². The molecule has 1 aromatic heterocycles. The average Bonchev–Trinajstić information content (AvgIpc) is 2.83. The molecule has 1 saturated heterocycles. The largest absolute Gasteiger partial charge is 0.472 e. The van der Waals surface area contributed by atoms with Crippen LogP contribution in [0.4, 0.5) is 5.82 Å². The molecule has 0 aliphatic carbocycles. The molecule has 1 fully saturated rings. The molecule has 4 atom stereocenters. The van der Waals surface area contributed by atoms with Crippen LogP contribution in [-0.4, -0.2) is 44.5 Å². The topological polar surface area (TPSA) is 135 Å². The zero-order valence-electron chi connectivity index (χ0n) is 17.1. The maximum Gasteiger partial charge on any atom is 0.472 e. The van der Waals surface area contributed by atoms with E-state index in [1.165, 1.54) is 16.8 Å². The predicted octanol–water partition coefficient (Wildman–Crippen LogP) is 2.23. The Bertz CT molecular complexity index is 784. The Kier molecular flexibility index (Phi) is 6.75. The summed E-state index contributed by atoms with van der Waals surface area (Å²) in [5, 5.41) is 0. The number of nitrogens with zero attached hydrogens (tertiary/aromatic N) is 2. The highest BCUT2D eigenvalue weighted by Gasteiger charge is 2.41. The number of hydrogen-bond donors (Lipinski definition) is 2. The van der Waals surface area contributed by atoms with Gasteiger partial charge in [-0.15, -0.1) is 0 Å². The number of hydrogen-bond acceptors (Lipinski definition) is 8. The molecule has 2 rings (SSSR count). The molecule has 1 aliphatic rings. The van der Waals surface area contributed by atoms with E-state index < -0.39 is 43.2 Å². The normalized spacial score (nSPS) is 25.6. The minimum absolute atomic E-state index is 0.113. The first-order chi connectivity index (χ1) is 12.7. The quantitative estimate of drug-likeness (QED) is 0.665. The van der Waals surface area contributed by atoms with Crippen molar-refractivity contribution >= 4 is 13.6 Å². The Morgan fingerprint density at radius 3 is 2.50 bits per heavy atom. The van der Waals surface area contributed by atoms with Crippen LogP contribution in [0.15, 0.2) is 17.1 Å². The van der Waals surface area contributed by atoms with Crippen LogP contribution in [0.2, 0.25) is 0 Å². The molecular formula is C17H30N3O7P. The van der Waals surface area contributed by atoms with E-state index in [-0.39, 0.29) is 12.4 Å². The van der Waals surface area contributed by atoms with Gasteiger partial charge in [-0.2, -0.15) is 4.98 Å². The van der Waals surface area contributed by atoms with Gasteiger partial charge < -0.3 is 20.1 Å². The third-order valence-corrected chi connectivity index (χ3v) is 4.89. The number of phosphoric ester groups is 1. The van der Waals surface area contributed by atoms with Crippen molar-refractivity contribution in [3.63, 3.8) is 0 Å². The highest BCUT2D eigenvalue weighted by Crippen LogP contribution is 2.48. The van der Waals surface area contributed by atoms with E-state index in [1.54, 1.807) is 20.8 Å². The summed E-state index contributed by atoms with van der Waals surface area (Å²) >= 11 is 0. The molecule has 0 aromatic carbocycles. The van der Waals surface area contributed by atoms with Crippen molar-refractivity contribution in [3.8, 4) is 0 Å². The van der Waals surface area contributed by atoms with Gasteiger partial charge in [0.1, 0.15) is 18.1 Å². The molecule has 0 spiro atoms. The van der Waals surface area contributed by atoms with Crippen LogP contribution in [0.5, 0.6) is 0 Å². The molecule has 160 valence electrons. The fourth-order valence-corrected chi connectivity index (χ4v) is 3.86. The van der Waals surface area contributed by atoms with Crippen molar-refractivity contribution < 1.29 is 28.0 Å². The van der Waals surface area contributed by atoms with Gasteiger partial charge in [-0.3, -0.25) is 13.6 Å². The molecule has 11 heteroatoms.